The fourth-order valence-electron chi connectivity index (χ4n) is 3.29. The molecule has 1 unspecified atom stereocenters. The first-order chi connectivity index (χ1) is 10.1. The minimum atomic E-state index is -0.212. The van der Waals surface area contributed by atoms with Gasteiger partial charge in [-0.3, -0.25) is 9.59 Å². The summed E-state index contributed by atoms with van der Waals surface area (Å²) < 4.78 is 1.08. The molecule has 5 heteroatoms. The first kappa shape index (κ1) is 14.8. The molecule has 1 aromatic rings. The van der Waals surface area contributed by atoms with Gasteiger partial charge in [-0.25, -0.2) is 0 Å². The highest BCUT2D eigenvalue weighted by Crippen LogP contribution is 2.30. The molecular weight excluding hydrogens is 379 g/mol. The van der Waals surface area contributed by atoms with E-state index in [1.807, 2.05) is 29.2 Å². The molecule has 1 aromatic carbocycles. The molecule has 3 rings (SSSR count). The Labute approximate surface area is 138 Å². The zero-order chi connectivity index (χ0) is 14.8. The van der Waals surface area contributed by atoms with Crippen LogP contribution in [0.2, 0.25) is 0 Å². The fourth-order valence-corrected chi connectivity index (χ4v) is 3.83. The maximum Gasteiger partial charge on any atom is 0.229 e. The molecule has 0 spiro atoms. The number of rotatable bonds is 3. The van der Waals surface area contributed by atoms with E-state index in [0.717, 1.165) is 22.1 Å². The second-order valence-corrected chi connectivity index (χ2v) is 7.13. The number of carbonyl (C=O) groups is 2. The molecule has 0 bridgehead atoms. The van der Waals surface area contributed by atoms with Gasteiger partial charge in [0, 0.05) is 28.3 Å². The van der Waals surface area contributed by atoms with Crippen LogP contribution in [0.3, 0.4) is 0 Å². The predicted octanol–water partition coefficient (Wildman–Crippen LogP) is 3.02. The number of anilines is 1. The average molecular weight is 398 g/mol. The van der Waals surface area contributed by atoms with Crippen LogP contribution in [0.15, 0.2) is 24.3 Å². The van der Waals surface area contributed by atoms with Crippen molar-refractivity contribution >= 4 is 40.1 Å². The summed E-state index contributed by atoms with van der Waals surface area (Å²) in [5.41, 5.74) is 0.804. The molecular formula is C16H19IN2O2. The van der Waals surface area contributed by atoms with Crippen molar-refractivity contribution in [3.63, 3.8) is 0 Å². The summed E-state index contributed by atoms with van der Waals surface area (Å²) in [5, 5.41) is 2.93. The van der Waals surface area contributed by atoms with Crippen LogP contribution >= 0.6 is 22.6 Å². The Bertz CT molecular complexity index is 555. The van der Waals surface area contributed by atoms with Crippen LogP contribution in [0.1, 0.15) is 32.1 Å². The molecule has 1 aliphatic heterocycles. The normalized spacial score (nSPS) is 22.8. The van der Waals surface area contributed by atoms with Gasteiger partial charge >= 0.3 is 0 Å². The summed E-state index contributed by atoms with van der Waals surface area (Å²) in [5.74, 6) is -0.105. The van der Waals surface area contributed by atoms with Gasteiger partial charge < -0.3 is 10.2 Å². The fraction of sp³-hybridized carbons (Fsp3) is 0.500. The van der Waals surface area contributed by atoms with Crippen LogP contribution in [-0.4, -0.2) is 29.3 Å². The summed E-state index contributed by atoms with van der Waals surface area (Å²) in [6.45, 7) is 0.583. The van der Waals surface area contributed by atoms with E-state index in [4.69, 9.17) is 0 Å². The maximum absolute atomic E-state index is 12.3. The van der Waals surface area contributed by atoms with Crippen molar-refractivity contribution in [1.82, 2.24) is 4.90 Å². The van der Waals surface area contributed by atoms with Crippen LogP contribution in [0.4, 0.5) is 5.69 Å². The van der Waals surface area contributed by atoms with Crippen molar-refractivity contribution in [3.05, 3.63) is 27.8 Å². The van der Waals surface area contributed by atoms with Gasteiger partial charge in [0.25, 0.3) is 0 Å². The topological polar surface area (TPSA) is 49.4 Å². The Morgan fingerprint density at radius 3 is 2.76 bits per heavy atom. The minimum absolute atomic E-state index is 0.0363. The van der Waals surface area contributed by atoms with E-state index in [0.29, 0.717) is 19.0 Å². The number of nitrogens with one attached hydrogen (secondary N) is 1. The molecule has 0 aromatic heterocycles. The molecule has 0 radical (unpaired) electrons. The highest BCUT2D eigenvalue weighted by molar-refractivity contribution is 14.1. The van der Waals surface area contributed by atoms with Crippen molar-refractivity contribution in [2.45, 2.75) is 38.1 Å². The predicted molar refractivity (Wildman–Crippen MR) is 89.9 cm³/mol. The molecule has 1 atom stereocenters. The van der Waals surface area contributed by atoms with Crippen molar-refractivity contribution < 1.29 is 9.59 Å². The summed E-state index contributed by atoms with van der Waals surface area (Å²) in [7, 11) is 0. The van der Waals surface area contributed by atoms with E-state index in [1.54, 1.807) is 0 Å². The Morgan fingerprint density at radius 1 is 1.29 bits per heavy atom. The summed E-state index contributed by atoms with van der Waals surface area (Å²) in [6, 6.07) is 8.09. The lowest BCUT2D eigenvalue weighted by Crippen LogP contribution is -2.35. The maximum atomic E-state index is 12.3. The molecule has 2 aliphatic rings. The number of hydrogen-bond donors (Lipinski definition) is 1. The van der Waals surface area contributed by atoms with E-state index in [9.17, 15) is 9.59 Å². The molecule has 4 nitrogen and oxygen atoms in total. The molecule has 1 saturated carbocycles. The van der Waals surface area contributed by atoms with E-state index in [-0.39, 0.29) is 17.7 Å². The van der Waals surface area contributed by atoms with Gasteiger partial charge in [0.05, 0.1) is 5.92 Å². The number of likely N-dealkylation sites (tertiary alicyclic amines) is 1. The molecule has 1 saturated heterocycles. The van der Waals surface area contributed by atoms with Gasteiger partial charge in [-0.15, -0.1) is 0 Å². The number of amides is 2. The summed E-state index contributed by atoms with van der Waals surface area (Å²) >= 11 is 2.22. The van der Waals surface area contributed by atoms with Gasteiger partial charge in [0.2, 0.25) is 11.8 Å². The third kappa shape index (κ3) is 3.39. The van der Waals surface area contributed by atoms with E-state index < -0.39 is 0 Å². The minimum Gasteiger partial charge on any atom is -0.339 e. The van der Waals surface area contributed by atoms with Gasteiger partial charge in [-0.05, 0) is 53.6 Å². The second-order valence-electron chi connectivity index (χ2n) is 5.89. The van der Waals surface area contributed by atoms with E-state index in [2.05, 4.69) is 27.9 Å². The Hall–Kier alpha value is -1.11. The summed E-state index contributed by atoms with van der Waals surface area (Å²) in [4.78, 5) is 26.4. The van der Waals surface area contributed by atoms with Crippen LogP contribution in [0.25, 0.3) is 0 Å². The van der Waals surface area contributed by atoms with E-state index in [1.165, 1.54) is 12.8 Å². The highest BCUT2D eigenvalue weighted by atomic mass is 127. The first-order valence-corrected chi connectivity index (χ1v) is 8.57. The number of halogens is 1. The third-order valence-corrected chi connectivity index (χ3v) is 5.06. The van der Waals surface area contributed by atoms with Gasteiger partial charge in [-0.2, -0.15) is 0 Å². The molecule has 112 valence electrons. The van der Waals surface area contributed by atoms with Gasteiger partial charge in [-0.1, -0.05) is 18.9 Å². The van der Waals surface area contributed by atoms with Gasteiger partial charge in [0.15, 0.2) is 0 Å². The summed E-state index contributed by atoms with van der Waals surface area (Å²) in [6.07, 6.45) is 4.95. The monoisotopic (exact) mass is 398 g/mol. The molecule has 1 N–H and O–H groups in total. The quantitative estimate of drug-likeness (QED) is 0.796. The van der Waals surface area contributed by atoms with Crippen molar-refractivity contribution in [2.75, 3.05) is 11.9 Å². The molecule has 2 amide bonds. The van der Waals surface area contributed by atoms with Crippen molar-refractivity contribution in [2.24, 2.45) is 5.92 Å². The molecule has 21 heavy (non-hydrogen) atoms. The van der Waals surface area contributed by atoms with Crippen LogP contribution in [0, 0.1) is 9.49 Å². The Kier molecular flexibility index (Phi) is 4.47. The van der Waals surface area contributed by atoms with E-state index >= 15 is 0 Å². The zero-order valence-electron chi connectivity index (χ0n) is 11.8. The SMILES string of the molecule is O=C(Nc1cccc(I)c1)C1CC(=O)N(C2CCCC2)C1. The zero-order valence-corrected chi connectivity index (χ0v) is 14.0. The van der Waals surface area contributed by atoms with Crippen molar-refractivity contribution in [1.29, 1.82) is 0 Å². The standard InChI is InChI=1S/C16H19IN2O2/c17-12-4-3-5-13(9-12)18-16(21)11-8-15(20)19(10-11)14-6-1-2-7-14/h3-5,9,11,14H,1-2,6-8,10H2,(H,18,21). The molecule has 2 fully saturated rings. The number of benzene rings is 1. The Balaban J connectivity index is 1.62. The lowest BCUT2D eigenvalue weighted by atomic mass is 10.1. The molecule has 1 aliphatic carbocycles. The smallest absolute Gasteiger partial charge is 0.229 e. The lowest BCUT2D eigenvalue weighted by Gasteiger charge is -2.23. The highest BCUT2D eigenvalue weighted by Gasteiger charge is 2.38. The Morgan fingerprint density at radius 2 is 2.05 bits per heavy atom. The number of nitrogens with zero attached hydrogens (tertiary/aromatic N) is 1. The largest absolute Gasteiger partial charge is 0.339 e. The van der Waals surface area contributed by atoms with Crippen LogP contribution in [-0.2, 0) is 9.59 Å². The average Bonchev–Trinajstić information content (AvgIpc) is 3.07. The number of hydrogen-bond acceptors (Lipinski definition) is 2. The first-order valence-electron chi connectivity index (χ1n) is 7.49. The molecule has 1 heterocycles. The lowest BCUT2D eigenvalue weighted by molar-refractivity contribution is -0.129. The van der Waals surface area contributed by atoms with Crippen molar-refractivity contribution in [3.8, 4) is 0 Å². The van der Waals surface area contributed by atoms with Crippen LogP contribution in [0.5, 0.6) is 0 Å². The number of carbonyl (C=O) groups excluding carboxylic acids is 2. The second kappa shape index (κ2) is 6.34. The third-order valence-electron chi connectivity index (χ3n) is 4.39. The van der Waals surface area contributed by atoms with Crippen LogP contribution < -0.4 is 5.32 Å². The van der Waals surface area contributed by atoms with Gasteiger partial charge in [0.1, 0.15) is 0 Å².